The Kier molecular flexibility index (Phi) is 3.82. The van der Waals surface area contributed by atoms with Gasteiger partial charge in [0, 0.05) is 5.56 Å². The maximum absolute atomic E-state index is 13.6. The van der Waals surface area contributed by atoms with Gasteiger partial charge in [-0.25, -0.2) is 8.78 Å². The average molecular weight is 296 g/mol. The summed E-state index contributed by atoms with van der Waals surface area (Å²) >= 11 is 2.82. The van der Waals surface area contributed by atoms with Gasteiger partial charge in [0.15, 0.2) is 17.4 Å². The summed E-state index contributed by atoms with van der Waals surface area (Å²) in [5.74, 6) is -4.14. The molecule has 0 aliphatic heterocycles. The van der Waals surface area contributed by atoms with Crippen LogP contribution < -0.4 is 10.5 Å². The summed E-state index contributed by atoms with van der Waals surface area (Å²) in [6.07, 6.45) is 0. The number of carboxylic acids is 1. The Balaban J connectivity index is 3.42. The predicted molar refractivity (Wildman–Crippen MR) is 55.2 cm³/mol. The van der Waals surface area contributed by atoms with Crippen LogP contribution in [0.25, 0.3) is 0 Å². The van der Waals surface area contributed by atoms with E-state index in [1.54, 1.807) is 0 Å². The van der Waals surface area contributed by atoms with Crippen molar-refractivity contribution >= 4 is 21.9 Å². The molecule has 0 bridgehead atoms. The Labute approximate surface area is 98.1 Å². The maximum Gasteiger partial charge on any atom is 0.325 e. The van der Waals surface area contributed by atoms with Crippen molar-refractivity contribution in [1.82, 2.24) is 0 Å². The normalized spacial score (nSPS) is 12.3. The topological polar surface area (TPSA) is 72.5 Å². The van der Waals surface area contributed by atoms with Crippen molar-refractivity contribution < 1.29 is 23.4 Å². The van der Waals surface area contributed by atoms with E-state index in [0.717, 1.165) is 13.2 Å². The SMILES string of the molecule is COc1c(F)c(Br)cc(C(N)C(=O)O)c1F. The Morgan fingerprint density at radius 3 is 2.56 bits per heavy atom. The third kappa shape index (κ3) is 2.14. The van der Waals surface area contributed by atoms with Gasteiger partial charge in [0.2, 0.25) is 0 Å². The lowest BCUT2D eigenvalue weighted by Crippen LogP contribution is -2.22. The molecular weight excluding hydrogens is 288 g/mol. The fraction of sp³-hybridized carbons (Fsp3) is 0.222. The van der Waals surface area contributed by atoms with Crippen LogP contribution in [0, 0.1) is 11.6 Å². The summed E-state index contributed by atoms with van der Waals surface area (Å²) in [5.41, 5.74) is 4.89. The van der Waals surface area contributed by atoms with E-state index in [9.17, 15) is 13.6 Å². The summed E-state index contributed by atoms with van der Waals surface area (Å²) in [7, 11) is 1.07. The molecule has 0 heterocycles. The van der Waals surface area contributed by atoms with Gasteiger partial charge in [0.25, 0.3) is 0 Å². The molecule has 0 saturated carbocycles. The average Bonchev–Trinajstić information content (AvgIpc) is 2.23. The summed E-state index contributed by atoms with van der Waals surface area (Å²) < 4.78 is 31.3. The van der Waals surface area contributed by atoms with Crippen LogP contribution in [-0.4, -0.2) is 18.2 Å². The first kappa shape index (κ1) is 12.9. The predicted octanol–water partition coefficient (Wildman–Crippen LogP) is 1.82. The Morgan fingerprint density at radius 2 is 2.12 bits per heavy atom. The molecule has 0 aromatic heterocycles. The highest BCUT2D eigenvalue weighted by molar-refractivity contribution is 9.10. The van der Waals surface area contributed by atoms with Gasteiger partial charge in [0.05, 0.1) is 11.6 Å². The second-order valence-corrected chi connectivity index (χ2v) is 3.78. The van der Waals surface area contributed by atoms with E-state index >= 15 is 0 Å². The highest BCUT2D eigenvalue weighted by Gasteiger charge is 2.25. The number of nitrogens with two attached hydrogens (primary N) is 1. The first-order valence-corrected chi connectivity index (χ1v) is 4.89. The van der Waals surface area contributed by atoms with Crippen molar-refractivity contribution in [2.45, 2.75) is 6.04 Å². The van der Waals surface area contributed by atoms with Crippen LogP contribution in [0.1, 0.15) is 11.6 Å². The van der Waals surface area contributed by atoms with Crippen LogP contribution in [0.4, 0.5) is 8.78 Å². The number of carbonyl (C=O) groups is 1. The van der Waals surface area contributed by atoms with Gasteiger partial charge in [0.1, 0.15) is 6.04 Å². The van der Waals surface area contributed by atoms with Crippen molar-refractivity contribution in [2.75, 3.05) is 7.11 Å². The number of hydrogen-bond donors (Lipinski definition) is 2. The number of halogens is 3. The van der Waals surface area contributed by atoms with Crippen LogP contribution in [-0.2, 0) is 4.79 Å². The number of ether oxygens (including phenoxy) is 1. The lowest BCUT2D eigenvalue weighted by molar-refractivity contribution is -0.138. The fourth-order valence-corrected chi connectivity index (χ4v) is 1.56. The zero-order valence-electron chi connectivity index (χ0n) is 8.13. The molecule has 88 valence electrons. The third-order valence-corrected chi connectivity index (χ3v) is 2.53. The molecule has 1 aromatic carbocycles. The number of aliphatic carboxylic acids is 1. The molecule has 1 unspecified atom stereocenters. The van der Waals surface area contributed by atoms with E-state index in [2.05, 4.69) is 20.7 Å². The number of methoxy groups -OCH3 is 1. The summed E-state index contributed by atoms with van der Waals surface area (Å²) in [5, 5.41) is 8.64. The molecule has 0 aliphatic rings. The standard InChI is InChI=1S/C9H8BrF2NO3/c1-16-8-5(11)3(7(13)9(14)15)2-4(10)6(8)12/h2,7H,13H2,1H3,(H,14,15). The second-order valence-electron chi connectivity index (χ2n) is 2.92. The first-order valence-electron chi connectivity index (χ1n) is 4.10. The molecule has 3 N–H and O–H groups in total. The molecule has 0 fully saturated rings. The minimum Gasteiger partial charge on any atom is -0.491 e. The highest BCUT2D eigenvalue weighted by atomic mass is 79.9. The minimum absolute atomic E-state index is 0.113. The second kappa shape index (κ2) is 4.75. The van der Waals surface area contributed by atoms with E-state index in [0.29, 0.717) is 0 Å². The quantitative estimate of drug-likeness (QED) is 0.835. The van der Waals surface area contributed by atoms with Gasteiger partial charge in [-0.2, -0.15) is 0 Å². The molecule has 4 nitrogen and oxygen atoms in total. The zero-order chi connectivity index (χ0) is 12.5. The van der Waals surface area contributed by atoms with Crippen molar-refractivity contribution in [3.8, 4) is 5.75 Å². The fourth-order valence-electron chi connectivity index (χ4n) is 1.14. The van der Waals surface area contributed by atoms with Crippen molar-refractivity contribution in [1.29, 1.82) is 0 Å². The van der Waals surface area contributed by atoms with Gasteiger partial charge in [-0.15, -0.1) is 0 Å². The van der Waals surface area contributed by atoms with Crippen LogP contribution in [0.2, 0.25) is 0 Å². The van der Waals surface area contributed by atoms with Crippen LogP contribution in [0.5, 0.6) is 5.75 Å². The molecule has 7 heteroatoms. The lowest BCUT2D eigenvalue weighted by atomic mass is 10.1. The van der Waals surface area contributed by atoms with E-state index in [4.69, 9.17) is 10.8 Å². The van der Waals surface area contributed by atoms with Gasteiger partial charge in [-0.1, -0.05) is 0 Å². The van der Waals surface area contributed by atoms with Crippen molar-refractivity contribution in [2.24, 2.45) is 5.73 Å². The zero-order valence-corrected chi connectivity index (χ0v) is 9.72. The first-order chi connectivity index (χ1) is 7.40. The van der Waals surface area contributed by atoms with Crippen LogP contribution in [0.3, 0.4) is 0 Å². The highest BCUT2D eigenvalue weighted by Crippen LogP contribution is 2.33. The smallest absolute Gasteiger partial charge is 0.325 e. The molecule has 16 heavy (non-hydrogen) atoms. The van der Waals surface area contributed by atoms with E-state index in [-0.39, 0.29) is 10.0 Å². The molecule has 0 spiro atoms. The van der Waals surface area contributed by atoms with Gasteiger partial charge < -0.3 is 15.6 Å². The van der Waals surface area contributed by atoms with Crippen molar-refractivity contribution in [3.05, 3.63) is 27.7 Å². The van der Waals surface area contributed by atoms with Gasteiger partial charge in [-0.05, 0) is 22.0 Å². The summed E-state index contributed by atoms with van der Waals surface area (Å²) in [6.45, 7) is 0. The Hall–Kier alpha value is -1.21. The summed E-state index contributed by atoms with van der Waals surface area (Å²) in [6, 6.07) is -0.600. The number of benzene rings is 1. The van der Waals surface area contributed by atoms with Crippen molar-refractivity contribution in [3.63, 3.8) is 0 Å². The van der Waals surface area contributed by atoms with Crippen LogP contribution in [0.15, 0.2) is 10.5 Å². The largest absolute Gasteiger partial charge is 0.491 e. The van der Waals surface area contributed by atoms with E-state index in [1.165, 1.54) is 0 Å². The molecule has 1 rings (SSSR count). The molecule has 0 amide bonds. The number of carboxylic acid groups (broad SMARTS) is 1. The minimum atomic E-state index is -1.58. The van der Waals surface area contributed by atoms with E-state index < -0.39 is 29.4 Å². The Bertz CT molecular complexity index is 439. The number of hydrogen-bond acceptors (Lipinski definition) is 3. The molecule has 1 atom stereocenters. The molecule has 1 aromatic rings. The third-order valence-electron chi connectivity index (χ3n) is 1.95. The molecular formula is C9H8BrF2NO3. The van der Waals surface area contributed by atoms with Crippen LogP contribution >= 0.6 is 15.9 Å². The Morgan fingerprint density at radius 1 is 1.56 bits per heavy atom. The van der Waals surface area contributed by atoms with Gasteiger partial charge in [-0.3, -0.25) is 4.79 Å². The van der Waals surface area contributed by atoms with E-state index in [1.807, 2.05) is 0 Å². The maximum atomic E-state index is 13.6. The molecule has 0 aliphatic carbocycles. The number of rotatable bonds is 3. The molecule has 0 saturated heterocycles. The molecule has 0 radical (unpaired) electrons. The summed E-state index contributed by atoms with van der Waals surface area (Å²) in [4.78, 5) is 10.6. The van der Waals surface area contributed by atoms with Gasteiger partial charge >= 0.3 is 5.97 Å². The monoisotopic (exact) mass is 295 g/mol. The lowest BCUT2D eigenvalue weighted by Gasteiger charge is -2.12.